The molecule has 3 rings (SSSR count). The Morgan fingerprint density at radius 1 is 1.11 bits per heavy atom. The lowest BCUT2D eigenvalue weighted by Gasteiger charge is -2.26. The molecule has 1 aliphatic heterocycles. The van der Waals surface area contributed by atoms with Crippen LogP contribution in [0.3, 0.4) is 0 Å². The maximum absolute atomic E-state index is 13.4. The van der Waals surface area contributed by atoms with Gasteiger partial charge in [0.25, 0.3) is 5.91 Å². The fraction of sp³-hybridized carbons (Fsp3) is 0.333. The zero-order valence-corrected chi connectivity index (χ0v) is 15.3. The van der Waals surface area contributed by atoms with Gasteiger partial charge in [-0.05, 0) is 23.3 Å². The molecule has 27 heavy (non-hydrogen) atoms. The number of carbonyl (C=O) groups excluding carboxylic acids is 2. The van der Waals surface area contributed by atoms with E-state index in [9.17, 15) is 14.0 Å². The number of nitrogens with zero attached hydrogens (tertiary/aromatic N) is 2. The SMILES string of the molecule is CO[C@H](C(=O)N1CCC(=O)N(Cc2cccc(F)c2)CC1)c1ccccc1. The molecule has 1 fully saturated rings. The molecule has 2 amide bonds. The largest absolute Gasteiger partial charge is 0.367 e. The number of rotatable bonds is 5. The van der Waals surface area contributed by atoms with Crippen molar-refractivity contribution in [1.29, 1.82) is 0 Å². The lowest BCUT2D eigenvalue weighted by molar-refractivity contribution is -0.142. The number of amides is 2. The Morgan fingerprint density at radius 3 is 2.59 bits per heavy atom. The van der Waals surface area contributed by atoms with Gasteiger partial charge in [0.15, 0.2) is 6.10 Å². The number of hydrogen-bond acceptors (Lipinski definition) is 3. The third-order valence-electron chi connectivity index (χ3n) is 4.72. The summed E-state index contributed by atoms with van der Waals surface area (Å²) in [6.07, 6.45) is -0.442. The number of halogens is 1. The first-order valence-electron chi connectivity index (χ1n) is 8.97. The van der Waals surface area contributed by atoms with Crippen LogP contribution in [0.4, 0.5) is 4.39 Å². The highest BCUT2D eigenvalue weighted by Crippen LogP contribution is 2.21. The molecule has 0 radical (unpaired) electrons. The molecule has 6 heteroatoms. The summed E-state index contributed by atoms with van der Waals surface area (Å²) in [5, 5.41) is 0. The number of ether oxygens (including phenoxy) is 1. The van der Waals surface area contributed by atoms with Crippen LogP contribution in [0, 0.1) is 5.82 Å². The fourth-order valence-electron chi connectivity index (χ4n) is 3.28. The summed E-state index contributed by atoms with van der Waals surface area (Å²) in [6, 6.07) is 15.5. The first-order chi connectivity index (χ1) is 13.1. The molecule has 0 aromatic heterocycles. The normalized spacial score (nSPS) is 16.1. The second-order valence-electron chi connectivity index (χ2n) is 6.55. The lowest BCUT2D eigenvalue weighted by Crippen LogP contribution is -2.38. The molecule has 1 heterocycles. The minimum atomic E-state index is -0.684. The molecule has 0 bridgehead atoms. The molecule has 142 valence electrons. The van der Waals surface area contributed by atoms with E-state index in [4.69, 9.17) is 4.74 Å². The van der Waals surface area contributed by atoms with Crippen molar-refractivity contribution in [3.63, 3.8) is 0 Å². The Hall–Kier alpha value is -2.73. The average molecular weight is 370 g/mol. The van der Waals surface area contributed by atoms with E-state index < -0.39 is 6.10 Å². The predicted octanol–water partition coefficient (Wildman–Crippen LogP) is 2.77. The molecule has 1 atom stereocenters. The summed E-state index contributed by atoms with van der Waals surface area (Å²) in [6.45, 7) is 1.52. The van der Waals surface area contributed by atoms with Crippen molar-refractivity contribution < 1.29 is 18.7 Å². The quantitative estimate of drug-likeness (QED) is 0.813. The van der Waals surface area contributed by atoms with Crippen molar-refractivity contribution in [2.75, 3.05) is 26.7 Å². The first-order valence-corrected chi connectivity index (χ1v) is 8.97. The topological polar surface area (TPSA) is 49.9 Å². The van der Waals surface area contributed by atoms with Gasteiger partial charge in [-0.3, -0.25) is 9.59 Å². The zero-order valence-electron chi connectivity index (χ0n) is 15.3. The molecule has 1 aliphatic rings. The summed E-state index contributed by atoms with van der Waals surface area (Å²) in [4.78, 5) is 28.7. The van der Waals surface area contributed by atoms with Crippen molar-refractivity contribution in [2.24, 2.45) is 0 Å². The van der Waals surface area contributed by atoms with Crippen LogP contribution < -0.4 is 0 Å². The van der Waals surface area contributed by atoms with Gasteiger partial charge in [0, 0.05) is 39.7 Å². The second-order valence-corrected chi connectivity index (χ2v) is 6.55. The molecular formula is C21H23FN2O3. The smallest absolute Gasteiger partial charge is 0.256 e. The van der Waals surface area contributed by atoms with Crippen LogP contribution >= 0.6 is 0 Å². The summed E-state index contributed by atoms with van der Waals surface area (Å²) < 4.78 is 18.8. The van der Waals surface area contributed by atoms with Gasteiger partial charge < -0.3 is 14.5 Å². The summed E-state index contributed by atoms with van der Waals surface area (Å²) in [7, 11) is 1.51. The molecule has 0 N–H and O–H groups in total. The second kappa shape index (κ2) is 8.77. The molecular weight excluding hydrogens is 347 g/mol. The van der Waals surface area contributed by atoms with Crippen LogP contribution in [0.15, 0.2) is 54.6 Å². The number of carbonyl (C=O) groups is 2. The van der Waals surface area contributed by atoms with Gasteiger partial charge in [-0.15, -0.1) is 0 Å². The van der Waals surface area contributed by atoms with Gasteiger partial charge in [-0.1, -0.05) is 42.5 Å². The minimum Gasteiger partial charge on any atom is -0.367 e. The van der Waals surface area contributed by atoms with Crippen molar-refractivity contribution in [3.8, 4) is 0 Å². The molecule has 2 aromatic rings. The van der Waals surface area contributed by atoms with Crippen LogP contribution in [0.25, 0.3) is 0 Å². The highest BCUT2D eigenvalue weighted by Gasteiger charge is 2.29. The van der Waals surface area contributed by atoms with E-state index in [2.05, 4.69) is 0 Å². The number of hydrogen-bond donors (Lipinski definition) is 0. The molecule has 2 aromatic carbocycles. The summed E-state index contributed by atoms with van der Waals surface area (Å²) in [5.41, 5.74) is 1.53. The third kappa shape index (κ3) is 4.71. The molecule has 0 aliphatic carbocycles. The average Bonchev–Trinajstić information content (AvgIpc) is 2.85. The first kappa shape index (κ1) is 19.0. The van der Waals surface area contributed by atoms with Crippen molar-refractivity contribution in [1.82, 2.24) is 9.80 Å². The van der Waals surface area contributed by atoms with Gasteiger partial charge in [0.1, 0.15) is 5.82 Å². The lowest BCUT2D eigenvalue weighted by atomic mass is 10.1. The third-order valence-corrected chi connectivity index (χ3v) is 4.72. The van der Waals surface area contributed by atoms with E-state index in [0.717, 1.165) is 11.1 Å². The van der Waals surface area contributed by atoms with Gasteiger partial charge >= 0.3 is 0 Å². The molecule has 1 saturated heterocycles. The van der Waals surface area contributed by atoms with Crippen molar-refractivity contribution in [2.45, 2.75) is 19.1 Å². The molecule has 0 unspecified atom stereocenters. The molecule has 0 saturated carbocycles. The standard InChI is InChI=1S/C21H23FN2O3/c1-27-20(17-7-3-2-4-8-17)21(26)23-11-10-19(25)24(13-12-23)15-16-6-5-9-18(22)14-16/h2-9,14,20H,10-13,15H2,1H3/t20-/m0/s1. The summed E-state index contributed by atoms with van der Waals surface area (Å²) in [5.74, 6) is -0.510. The monoisotopic (exact) mass is 370 g/mol. The summed E-state index contributed by atoms with van der Waals surface area (Å²) >= 11 is 0. The predicted molar refractivity (Wildman–Crippen MR) is 99.2 cm³/mol. The number of methoxy groups -OCH3 is 1. The minimum absolute atomic E-state index is 0.0387. The molecule has 0 spiro atoms. The Bertz CT molecular complexity index is 797. The highest BCUT2D eigenvalue weighted by molar-refractivity contribution is 5.84. The van der Waals surface area contributed by atoms with Crippen LogP contribution in [0.1, 0.15) is 23.7 Å². The van der Waals surface area contributed by atoms with Crippen molar-refractivity contribution in [3.05, 3.63) is 71.5 Å². The fourth-order valence-corrected chi connectivity index (χ4v) is 3.28. The van der Waals surface area contributed by atoms with Gasteiger partial charge in [0.05, 0.1) is 0 Å². The van der Waals surface area contributed by atoms with Gasteiger partial charge in [-0.25, -0.2) is 4.39 Å². The molecule has 5 nitrogen and oxygen atoms in total. The van der Waals surface area contributed by atoms with E-state index in [1.54, 1.807) is 21.9 Å². The van der Waals surface area contributed by atoms with Crippen LogP contribution in [-0.2, 0) is 20.9 Å². The highest BCUT2D eigenvalue weighted by atomic mass is 19.1. The van der Waals surface area contributed by atoms with E-state index in [1.807, 2.05) is 30.3 Å². The van der Waals surface area contributed by atoms with Crippen molar-refractivity contribution >= 4 is 11.8 Å². The van der Waals surface area contributed by atoms with E-state index in [1.165, 1.54) is 19.2 Å². The van der Waals surface area contributed by atoms with E-state index in [-0.39, 0.29) is 24.1 Å². The van der Waals surface area contributed by atoms with Crippen LogP contribution in [0.5, 0.6) is 0 Å². The van der Waals surface area contributed by atoms with E-state index in [0.29, 0.717) is 26.2 Å². The van der Waals surface area contributed by atoms with Gasteiger partial charge in [-0.2, -0.15) is 0 Å². The maximum atomic E-state index is 13.4. The number of benzene rings is 2. The van der Waals surface area contributed by atoms with E-state index >= 15 is 0 Å². The van der Waals surface area contributed by atoms with Crippen LogP contribution in [0.2, 0.25) is 0 Å². The zero-order chi connectivity index (χ0) is 19.2. The Balaban J connectivity index is 1.67. The Morgan fingerprint density at radius 2 is 1.89 bits per heavy atom. The Kier molecular flexibility index (Phi) is 6.19. The van der Waals surface area contributed by atoms with Crippen LogP contribution in [-0.4, -0.2) is 48.4 Å². The maximum Gasteiger partial charge on any atom is 0.256 e. The Labute approximate surface area is 158 Å². The van der Waals surface area contributed by atoms with Gasteiger partial charge in [0.2, 0.25) is 5.91 Å².